The van der Waals surface area contributed by atoms with Crippen LogP contribution in [0, 0.1) is 0 Å². The van der Waals surface area contributed by atoms with Crippen LogP contribution in [0.4, 0.5) is 0 Å². The SMILES string of the molecule is COCCOCC(=O)N1CCC(c2ccccc2OC)CC1. The molecule has 0 saturated carbocycles. The van der Waals surface area contributed by atoms with E-state index in [1.165, 1.54) is 5.56 Å². The van der Waals surface area contributed by atoms with Crippen molar-refractivity contribution in [1.82, 2.24) is 4.90 Å². The number of rotatable bonds is 7. The summed E-state index contributed by atoms with van der Waals surface area (Å²) >= 11 is 0. The molecule has 1 saturated heterocycles. The van der Waals surface area contributed by atoms with E-state index in [2.05, 4.69) is 6.07 Å². The predicted molar refractivity (Wildman–Crippen MR) is 84.2 cm³/mol. The van der Waals surface area contributed by atoms with Crippen LogP contribution in [0.1, 0.15) is 24.3 Å². The van der Waals surface area contributed by atoms with Crippen LogP contribution in [0.25, 0.3) is 0 Å². The smallest absolute Gasteiger partial charge is 0.248 e. The van der Waals surface area contributed by atoms with Gasteiger partial charge in [0, 0.05) is 20.2 Å². The molecule has 0 N–H and O–H groups in total. The second-order valence-electron chi connectivity index (χ2n) is 5.44. The molecular formula is C17H25NO4. The lowest BCUT2D eigenvalue weighted by atomic mass is 9.89. The Morgan fingerprint density at radius 1 is 1.18 bits per heavy atom. The van der Waals surface area contributed by atoms with Crippen molar-refractivity contribution in [2.75, 3.05) is 47.1 Å². The summed E-state index contributed by atoms with van der Waals surface area (Å²) in [6.07, 6.45) is 1.92. The van der Waals surface area contributed by atoms with Gasteiger partial charge < -0.3 is 19.1 Å². The molecule has 1 heterocycles. The fourth-order valence-electron chi connectivity index (χ4n) is 2.84. The first-order valence-electron chi connectivity index (χ1n) is 7.73. The van der Waals surface area contributed by atoms with E-state index >= 15 is 0 Å². The number of methoxy groups -OCH3 is 2. The Balaban J connectivity index is 1.81. The van der Waals surface area contributed by atoms with Crippen molar-refractivity contribution in [2.45, 2.75) is 18.8 Å². The maximum absolute atomic E-state index is 12.1. The zero-order valence-electron chi connectivity index (χ0n) is 13.4. The summed E-state index contributed by atoms with van der Waals surface area (Å²) in [6, 6.07) is 8.14. The van der Waals surface area contributed by atoms with E-state index in [-0.39, 0.29) is 12.5 Å². The number of piperidine rings is 1. The monoisotopic (exact) mass is 307 g/mol. The van der Waals surface area contributed by atoms with Gasteiger partial charge in [-0.05, 0) is 30.4 Å². The van der Waals surface area contributed by atoms with Gasteiger partial charge in [0.25, 0.3) is 0 Å². The number of hydrogen-bond donors (Lipinski definition) is 0. The first-order valence-corrected chi connectivity index (χ1v) is 7.73. The molecule has 5 heteroatoms. The summed E-state index contributed by atoms with van der Waals surface area (Å²) in [5, 5.41) is 0. The van der Waals surface area contributed by atoms with Gasteiger partial charge in [-0.1, -0.05) is 18.2 Å². The van der Waals surface area contributed by atoms with Crippen molar-refractivity contribution in [3.63, 3.8) is 0 Å². The average Bonchev–Trinajstić information content (AvgIpc) is 2.58. The molecule has 2 rings (SSSR count). The van der Waals surface area contributed by atoms with Crippen LogP contribution in [0.5, 0.6) is 5.75 Å². The normalized spacial score (nSPS) is 15.8. The van der Waals surface area contributed by atoms with Crippen molar-refractivity contribution in [3.05, 3.63) is 29.8 Å². The van der Waals surface area contributed by atoms with E-state index in [1.807, 2.05) is 23.1 Å². The lowest BCUT2D eigenvalue weighted by molar-refractivity contribution is -0.137. The van der Waals surface area contributed by atoms with Crippen molar-refractivity contribution in [3.8, 4) is 5.75 Å². The van der Waals surface area contributed by atoms with Gasteiger partial charge >= 0.3 is 0 Å². The first kappa shape index (κ1) is 16.8. The molecule has 5 nitrogen and oxygen atoms in total. The summed E-state index contributed by atoms with van der Waals surface area (Å²) in [5.74, 6) is 1.46. The maximum Gasteiger partial charge on any atom is 0.248 e. The van der Waals surface area contributed by atoms with E-state index in [9.17, 15) is 4.79 Å². The zero-order valence-corrected chi connectivity index (χ0v) is 13.4. The van der Waals surface area contributed by atoms with Crippen LogP contribution < -0.4 is 4.74 Å². The molecule has 0 atom stereocenters. The van der Waals surface area contributed by atoms with E-state index in [0.29, 0.717) is 19.1 Å². The third-order valence-electron chi connectivity index (χ3n) is 4.08. The summed E-state index contributed by atoms with van der Waals surface area (Å²) in [6.45, 7) is 2.66. The van der Waals surface area contributed by atoms with Gasteiger partial charge in [0.1, 0.15) is 12.4 Å². The highest BCUT2D eigenvalue weighted by Crippen LogP contribution is 2.33. The molecule has 1 aromatic carbocycles. The van der Waals surface area contributed by atoms with Crippen molar-refractivity contribution < 1.29 is 19.0 Å². The number of ether oxygens (including phenoxy) is 3. The molecule has 1 aromatic rings. The Labute approximate surface area is 132 Å². The van der Waals surface area contributed by atoms with Gasteiger partial charge in [-0.2, -0.15) is 0 Å². The van der Waals surface area contributed by atoms with Crippen LogP contribution in [0.3, 0.4) is 0 Å². The number of likely N-dealkylation sites (tertiary alicyclic amines) is 1. The van der Waals surface area contributed by atoms with Crippen LogP contribution in [-0.2, 0) is 14.3 Å². The lowest BCUT2D eigenvalue weighted by Crippen LogP contribution is -2.40. The van der Waals surface area contributed by atoms with Gasteiger partial charge in [0.2, 0.25) is 5.91 Å². The minimum absolute atomic E-state index is 0.0644. The third kappa shape index (κ3) is 4.45. The highest BCUT2D eigenvalue weighted by atomic mass is 16.5. The fraction of sp³-hybridized carbons (Fsp3) is 0.588. The van der Waals surface area contributed by atoms with Crippen LogP contribution in [0.2, 0.25) is 0 Å². The Morgan fingerprint density at radius 3 is 2.59 bits per heavy atom. The number of carbonyl (C=O) groups is 1. The molecule has 0 radical (unpaired) electrons. The largest absolute Gasteiger partial charge is 0.496 e. The first-order chi connectivity index (χ1) is 10.8. The minimum atomic E-state index is 0.0644. The fourth-order valence-corrected chi connectivity index (χ4v) is 2.84. The molecule has 1 aliphatic heterocycles. The van der Waals surface area contributed by atoms with Gasteiger partial charge in [0.15, 0.2) is 0 Å². The number of amides is 1. The molecule has 0 unspecified atom stereocenters. The van der Waals surface area contributed by atoms with E-state index in [1.54, 1.807) is 14.2 Å². The Morgan fingerprint density at radius 2 is 1.91 bits per heavy atom. The van der Waals surface area contributed by atoms with Gasteiger partial charge in [-0.3, -0.25) is 4.79 Å². The van der Waals surface area contributed by atoms with Gasteiger partial charge in [0.05, 0.1) is 20.3 Å². The van der Waals surface area contributed by atoms with Crippen molar-refractivity contribution in [2.24, 2.45) is 0 Å². The quantitative estimate of drug-likeness (QED) is 0.724. The summed E-state index contributed by atoms with van der Waals surface area (Å²) in [5.41, 5.74) is 1.24. The average molecular weight is 307 g/mol. The molecule has 22 heavy (non-hydrogen) atoms. The lowest BCUT2D eigenvalue weighted by Gasteiger charge is -2.32. The number of benzene rings is 1. The van der Waals surface area contributed by atoms with Crippen LogP contribution in [0.15, 0.2) is 24.3 Å². The van der Waals surface area contributed by atoms with E-state index < -0.39 is 0 Å². The van der Waals surface area contributed by atoms with E-state index in [0.717, 1.165) is 31.7 Å². The maximum atomic E-state index is 12.1. The summed E-state index contributed by atoms with van der Waals surface area (Å²) in [4.78, 5) is 14.0. The molecule has 1 amide bonds. The molecule has 0 aliphatic carbocycles. The third-order valence-corrected chi connectivity index (χ3v) is 4.08. The topological polar surface area (TPSA) is 48.0 Å². The Hall–Kier alpha value is -1.59. The molecular weight excluding hydrogens is 282 g/mol. The number of para-hydroxylation sites is 1. The van der Waals surface area contributed by atoms with E-state index in [4.69, 9.17) is 14.2 Å². The van der Waals surface area contributed by atoms with Gasteiger partial charge in [-0.15, -0.1) is 0 Å². The second kappa shape index (κ2) is 8.76. The molecule has 122 valence electrons. The Kier molecular flexibility index (Phi) is 6.68. The highest BCUT2D eigenvalue weighted by molar-refractivity contribution is 5.77. The van der Waals surface area contributed by atoms with Crippen LogP contribution in [-0.4, -0.2) is 57.9 Å². The van der Waals surface area contributed by atoms with Crippen molar-refractivity contribution >= 4 is 5.91 Å². The summed E-state index contributed by atoms with van der Waals surface area (Å²) < 4.78 is 15.6. The van der Waals surface area contributed by atoms with Crippen LogP contribution >= 0.6 is 0 Å². The molecule has 1 fully saturated rings. The highest BCUT2D eigenvalue weighted by Gasteiger charge is 2.25. The second-order valence-corrected chi connectivity index (χ2v) is 5.44. The molecule has 0 bridgehead atoms. The summed E-state index contributed by atoms with van der Waals surface area (Å²) in [7, 11) is 3.32. The predicted octanol–water partition coefficient (Wildman–Crippen LogP) is 2.06. The number of carbonyl (C=O) groups excluding carboxylic acids is 1. The molecule has 0 spiro atoms. The standard InChI is InChI=1S/C17H25NO4/c1-20-11-12-22-13-17(19)18-9-7-14(8-10-18)15-5-3-4-6-16(15)21-2/h3-6,14H,7-13H2,1-2H3. The molecule has 0 aromatic heterocycles. The Bertz CT molecular complexity index is 469. The molecule has 1 aliphatic rings. The number of nitrogens with zero attached hydrogens (tertiary/aromatic N) is 1. The number of hydrogen-bond acceptors (Lipinski definition) is 4. The minimum Gasteiger partial charge on any atom is -0.496 e. The van der Waals surface area contributed by atoms with Crippen molar-refractivity contribution in [1.29, 1.82) is 0 Å². The zero-order chi connectivity index (χ0) is 15.8. The van der Waals surface area contributed by atoms with Gasteiger partial charge in [-0.25, -0.2) is 0 Å².